The van der Waals surface area contributed by atoms with Crippen molar-refractivity contribution in [3.63, 3.8) is 0 Å². The van der Waals surface area contributed by atoms with Crippen LogP contribution in [0.25, 0.3) is 0 Å². The number of nitrogens with zero attached hydrogens (tertiary/aromatic N) is 3. The fraction of sp³-hybridized carbons (Fsp3) is 0.300. The standard InChI is InChI=1S/C20H17F4N5O2/c1-10-16(20(22,23)24)31-18(26)29-19(10,2)13-7-12(4-5-14(13)21)28-17(30)15-6-3-11(8-25)9-27-15/h3-7,9-10,16H,1-2H3,(H2,26,29)(H,28,30)/t10-,16+,19-/m0/s1. The Labute approximate surface area is 174 Å². The van der Waals surface area contributed by atoms with Gasteiger partial charge in [0.25, 0.3) is 11.9 Å². The van der Waals surface area contributed by atoms with E-state index in [0.29, 0.717) is 0 Å². The molecule has 1 amide bonds. The highest BCUT2D eigenvalue weighted by molar-refractivity contribution is 6.02. The Morgan fingerprint density at radius 2 is 2.03 bits per heavy atom. The summed E-state index contributed by atoms with van der Waals surface area (Å²) >= 11 is 0. The number of carbonyl (C=O) groups excluding carboxylic acids is 1. The largest absolute Gasteiger partial charge is 0.452 e. The van der Waals surface area contributed by atoms with E-state index in [1.807, 2.05) is 6.07 Å². The number of halogens is 4. The Balaban J connectivity index is 1.95. The molecule has 3 rings (SSSR count). The maximum absolute atomic E-state index is 14.7. The van der Waals surface area contributed by atoms with Crippen LogP contribution in [0.5, 0.6) is 0 Å². The van der Waals surface area contributed by atoms with Crippen LogP contribution in [0.15, 0.2) is 41.5 Å². The minimum absolute atomic E-state index is 0.00470. The summed E-state index contributed by atoms with van der Waals surface area (Å²) in [6.45, 7) is 2.55. The van der Waals surface area contributed by atoms with E-state index in [1.54, 1.807) is 0 Å². The molecule has 0 fully saturated rings. The van der Waals surface area contributed by atoms with Crippen LogP contribution in [0.2, 0.25) is 0 Å². The number of rotatable bonds is 3. The Morgan fingerprint density at radius 3 is 2.61 bits per heavy atom. The third-order valence-corrected chi connectivity index (χ3v) is 5.15. The van der Waals surface area contributed by atoms with Gasteiger partial charge in [-0.25, -0.2) is 14.4 Å². The third-order valence-electron chi connectivity index (χ3n) is 5.15. The summed E-state index contributed by atoms with van der Waals surface area (Å²) in [5.74, 6) is -2.79. The molecule has 0 saturated carbocycles. The smallest absolute Gasteiger partial charge is 0.425 e. The first-order valence-corrected chi connectivity index (χ1v) is 9.02. The Morgan fingerprint density at radius 1 is 1.32 bits per heavy atom. The summed E-state index contributed by atoms with van der Waals surface area (Å²) in [5, 5.41) is 11.3. The van der Waals surface area contributed by atoms with E-state index in [0.717, 1.165) is 6.07 Å². The molecule has 3 N–H and O–H groups in total. The lowest BCUT2D eigenvalue weighted by Gasteiger charge is -2.41. The molecule has 1 aromatic heterocycles. The highest BCUT2D eigenvalue weighted by Crippen LogP contribution is 2.45. The molecule has 0 saturated heterocycles. The van der Waals surface area contributed by atoms with Crippen molar-refractivity contribution in [2.45, 2.75) is 31.7 Å². The van der Waals surface area contributed by atoms with E-state index in [-0.39, 0.29) is 22.5 Å². The number of amides is 1. The molecule has 1 aliphatic heterocycles. The van der Waals surface area contributed by atoms with Crippen LogP contribution in [0.3, 0.4) is 0 Å². The van der Waals surface area contributed by atoms with E-state index >= 15 is 0 Å². The van der Waals surface area contributed by atoms with Crippen molar-refractivity contribution in [2.24, 2.45) is 16.6 Å². The minimum Gasteiger partial charge on any atom is -0.452 e. The minimum atomic E-state index is -4.75. The molecule has 0 radical (unpaired) electrons. The van der Waals surface area contributed by atoms with Gasteiger partial charge >= 0.3 is 6.18 Å². The second-order valence-electron chi connectivity index (χ2n) is 7.16. The molecule has 0 bridgehead atoms. The van der Waals surface area contributed by atoms with Crippen LogP contribution in [0.1, 0.15) is 35.5 Å². The molecule has 1 aromatic carbocycles. The summed E-state index contributed by atoms with van der Waals surface area (Å²) in [5.41, 5.74) is 3.94. The molecule has 31 heavy (non-hydrogen) atoms. The molecular formula is C20H17F4N5O2. The average molecular weight is 435 g/mol. The number of nitriles is 1. The lowest BCUT2D eigenvalue weighted by molar-refractivity contribution is -0.223. The van der Waals surface area contributed by atoms with Gasteiger partial charge in [0.15, 0.2) is 0 Å². The normalized spacial score (nSPS) is 23.3. The van der Waals surface area contributed by atoms with Crippen molar-refractivity contribution in [1.29, 1.82) is 5.26 Å². The maximum Gasteiger partial charge on any atom is 0.425 e. The molecule has 1 aliphatic rings. The number of nitrogens with two attached hydrogens (primary N) is 1. The Hall–Kier alpha value is -3.68. The van der Waals surface area contributed by atoms with Crippen molar-refractivity contribution < 1.29 is 27.1 Å². The van der Waals surface area contributed by atoms with Gasteiger partial charge in [0.1, 0.15) is 17.6 Å². The first kappa shape index (κ1) is 22.0. The number of ether oxygens (including phenoxy) is 1. The van der Waals surface area contributed by atoms with Gasteiger partial charge in [0.05, 0.1) is 11.1 Å². The van der Waals surface area contributed by atoms with E-state index in [4.69, 9.17) is 11.0 Å². The van der Waals surface area contributed by atoms with Gasteiger partial charge < -0.3 is 15.8 Å². The van der Waals surface area contributed by atoms with Crippen LogP contribution < -0.4 is 11.1 Å². The number of carbonyl (C=O) groups is 1. The molecule has 0 spiro atoms. The number of aromatic nitrogens is 1. The van der Waals surface area contributed by atoms with Gasteiger partial charge in [0, 0.05) is 23.4 Å². The second kappa shape index (κ2) is 7.86. The lowest BCUT2D eigenvalue weighted by atomic mass is 9.76. The van der Waals surface area contributed by atoms with Gasteiger partial charge in [-0.05, 0) is 37.3 Å². The van der Waals surface area contributed by atoms with Gasteiger partial charge in [-0.2, -0.15) is 18.4 Å². The molecule has 3 atom stereocenters. The number of anilines is 1. The fourth-order valence-corrected chi connectivity index (χ4v) is 3.32. The quantitative estimate of drug-likeness (QED) is 0.717. The predicted octanol–water partition coefficient (Wildman–Crippen LogP) is 3.47. The number of hydrogen-bond acceptors (Lipinski definition) is 6. The number of alkyl halides is 3. The summed E-state index contributed by atoms with van der Waals surface area (Å²) in [7, 11) is 0. The van der Waals surface area contributed by atoms with Gasteiger partial charge in [-0.3, -0.25) is 4.79 Å². The molecule has 162 valence electrons. The summed E-state index contributed by atoms with van der Waals surface area (Å²) in [6.07, 6.45) is -5.81. The van der Waals surface area contributed by atoms with Crippen molar-refractivity contribution in [1.82, 2.24) is 4.98 Å². The van der Waals surface area contributed by atoms with Crippen LogP contribution in [-0.2, 0) is 10.3 Å². The molecule has 7 nitrogen and oxygen atoms in total. The molecule has 0 unspecified atom stereocenters. The zero-order valence-electron chi connectivity index (χ0n) is 16.4. The van der Waals surface area contributed by atoms with Crippen LogP contribution in [0, 0.1) is 23.1 Å². The van der Waals surface area contributed by atoms with E-state index < -0.39 is 41.5 Å². The van der Waals surface area contributed by atoms with Gasteiger partial charge in [0.2, 0.25) is 6.10 Å². The monoisotopic (exact) mass is 435 g/mol. The molecule has 2 heterocycles. The SMILES string of the molecule is C[C@H]1[C@H](C(F)(F)F)OC(N)=N[C@]1(C)c1cc(NC(=O)c2ccc(C#N)cn2)ccc1F. The summed E-state index contributed by atoms with van der Waals surface area (Å²) in [4.78, 5) is 20.2. The zero-order valence-corrected chi connectivity index (χ0v) is 16.4. The van der Waals surface area contributed by atoms with Gasteiger partial charge in [-0.15, -0.1) is 0 Å². The number of pyridine rings is 1. The highest BCUT2D eigenvalue weighted by atomic mass is 19.4. The summed E-state index contributed by atoms with van der Waals surface area (Å²) in [6, 6.07) is 7.36. The Bertz CT molecular complexity index is 1080. The average Bonchev–Trinajstić information content (AvgIpc) is 2.71. The third kappa shape index (κ3) is 4.28. The first-order chi connectivity index (χ1) is 14.5. The zero-order chi connectivity index (χ0) is 23.0. The van der Waals surface area contributed by atoms with Crippen molar-refractivity contribution in [3.05, 3.63) is 59.2 Å². The topological polar surface area (TPSA) is 113 Å². The van der Waals surface area contributed by atoms with E-state index in [2.05, 4.69) is 20.0 Å². The summed E-state index contributed by atoms with van der Waals surface area (Å²) < 4.78 is 59.6. The number of nitrogens with one attached hydrogen (secondary N) is 1. The predicted molar refractivity (Wildman–Crippen MR) is 102 cm³/mol. The lowest BCUT2D eigenvalue weighted by Crippen LogP contribution is -2.52. The molecule has 0 aliphatic carbocycles. The van der Waals surface area contributed by atoms with Gasteiger partial charge in [-0.1, -0.05) is 6.92 Å². The fourth-order valence-electron chi connectivity index (χ4n) is 3.32. The van der Waals surface area contributed by atoms with Crippen molar-refractivity contribution >= 4 is 17.6 Å². The number of aliphatic imine (C=N–C) groups is 1. The Kier molecular flexibility index (Phi) is 5.59. The van der Waals surface area contributed by atoms with E-state index in [9.17, 15) is 22.4 Å². The molecule has 11 heteroatoms. The van der Waals surface area contributed by atoms with Crippen molar-refractivity contribution in [2.75, 3.05) is 5.32 Å². The van der Waals surface area contributed by atoms with E-state index in [1.165, 1.54) is 44.3 Å². The number of amidine groups is 1. The molecular weight excluding hydrogens is 418 g/mol. The van der Waals surface area contributed by atoms with Crippen LogP contribution >= 0.6 is 0 Å². The second-order valence-corrected chi connectivity index (χ2v) is 7.16. The number of hydrogen-bond donors (Lipinski definition) is 2. The van der Waals surface area contributed by atoms with Crippen molar-refractivity contribution in [3.8, 4) is 6.07 Å². The highest BCUT2D eigenvalue weighted by Gasteiger charge is 2.55. The first-order valence-electron chi connectivity index (χ1n) is 9.02. The van der Waals surface area contributed by atoms with Crippen LogP contribution in [-0.4, -0.2) is 29.2 Å². The molecule has 2 aromatic rings. The maximum atomic E-state index is 14.7. The van der Waals surface area contributed by atoms with Crippen LogP contribution in [0.4, 0.5) is 23.2 Å². The number of benzene rings is 1.